The van der Waals surface area contributed by atoms with E-state index in [2.05, 4.69) is 13.0 Å². The molecule has 1 rings (SSSR count). The Morgan fingerprint density at radius 2 is 2.36 bits per heavy atom. The molecule has 1 atom stereocenters. The highest BCUT2D eigenvalue weighted by molar-refractivity contribution is 5.95. The molecule has 0 saturated carbocycles. The minimum Gasteiger partial charge on any atom is -0.295 e. The zero-order valence-electron chi connectivity index (χ0n) is 7.39. The first-order chi connectivity index (χ1) is 5.27. The summed E-state index contributed by atoms with van der Waals surface area (Å²) in [6.45, 7) is 4.11. The van der Waals surface area contributed by atoms with Gasteiger partial charge in [0, 0.05) is 6.42 Å². The summed E-state index contributed by atoms with van der Waals surface area (Å²) in [5, 5.41) is 0. The topological polar surface area (TPSA) is 17.1 Å². The number of rotatable bonds is 3. The molecular weight excluding hydrogens is 136 g/mol. The Morgan fingerprint density at radius 1 is 1.64 bits per heavy atom. The van der Waals surface area contributed by atoms with Crippen LogP contribution in [0.5, 0.6) is 0 Å². The van der Waals surface area contributed by atoms with Crippen LogP contribution in [0.25, 0.3) is 0 Å². The van der Waals surface area contributed by atoms with E-state index in [1.165, 1.54) is 12.8 Å². The van der Waals surface area contributed by atoms with Crippen LogP contribution in [0.1, 0.15) is 39.5 Å². The van der Waals surface area contributed by atoms with Crippen molar-refractivity contribution in [1.29, 1.82) is 0 Å². The summed E-state index contributed by atoms with van der Waals surface area (Å²) in [5.74, 6) is 1.03. The maximum absolute atomic E-state index is 11.2. The van der Waals surface area contributed by atoms with Gasteiger partial charge in [0.15, 0.2) is 5.78 Å². The van der Waals surface area contributed by atoms with Crippen molar-refractivity contribution in [3.63, 3.8) is 0 Å². The summed E-state index contributed by atoms with van der Waals surface area (Å²) in [5.41, 5.74) is 1.08. The lowest BCUT2D eigenvalue weighted by Crippen LogP contribution is -1.96. The lowest BCUT2D eigenvalue weighted by molar-refractivity contribution is -0.115. The first-order valence-corrected chi connectivity index (χ1v) is 4.51. The van der Waals surface area contributed by atoms with Crippen molar-refractivity contribution in [2.75, 3.05) is 0 Å². The molecule has 0 bridgehead atoms. The quantitative estimate of drug-likeness (QED) is 0.607. The first kappa shape index (κ1) is 8.51. The van der Waals surface area contributed by atoms with Gasteiger partial charge in [-0.15, -0.1) is 0 Å². The molecule has 0 aliphatic heterocycles. The second kappa shape index (κ2) is 3.70. The molecule has 0 fully saturated rings. The van der Waals surface area contributed by atoms with Crippen LogP contribution < -0.4 is 0 Å². The van der Waals surface area contributed by atoms with Crippen LogP contribution in [-0.2, 0) is 4.79 Å². The standard InChI is InChI=1S/C10H16O/c1-3-8-5-6-9(7-8)10(11)4-2/h7-8H,3-6H2,1-2H3. The van der Waals surface area contributed by atoms with Crippen molar-refractivity contribution < 1.29 is 4.79 Å². The van der Waals surface area contributed by atoms with Crippen LogP contribution in [-0.4, -0.2) is 5.78 Å². The van der Waals surface area contributed by atoms with Crippen molar-refractivity contribution in [3.05, 3.63) is 11.6 Å². The van der Waals surface area contributed by atoms with Gasteiger partial charge >= 0.3 is 0 Å². The van der Waals surface area contributed by atoms with Gasteiger partial charge in [-0.25, -0.2) is 0 Å². The molecule has 1 aliphatic carbocycles. The minimum absolute atomic E-state index is 0.348. The third-order valence-corrected chi connectivity index (χ3v) is 2.43. The smallest absolute Gasteiger partial charge is 0.158 e. The fourth-order valence-corrected chi connectivity index (χ4v) is 1.57. The van der Waals surface area contributed by atoms with E-state index in [9.17, 15) is 4.79 Å². The Hall–Kier alpha value is -0.590. The third kappa shape index (κ3) is 1.92. The van der Waals surface area contributed by atoms with Crippen molar-refractivity contribution in [1.82, 2.24) is 0 Å². The Morgan fingerprint density at radius 3 is 2.82 bits per heavy atom. The molecule has 62 valence electrons. The summed E-state index contributed by atoms with van der Waals surface area (Å²) >= 11 is 0. The second-order valence-electron chi connectivity index (χ2n) is 3.18. The molecule has 0 radical (unpaired) electrons. The van der Waals surface area contributed by atoms with E-state index in [1.54, 1.807) is 0 Å². The highest BCUT2D eigenvalue weighted by Gasteiger charge is 2.17. The molecular formula is C10H16O. The maximum Gasteiger partial charge on any atom is 0.158 e. The monoisotopic (exact) mass is 152 g/mol. The van der Waals surface area contributed by atoms with Crippen LogP contribution in [0.2, 0.25) is 0 Å². The molecule has 1 nitrogen and oxygen atoms in total. The summed E-state index contributed by atoms with van der Waals surface area (Å²) in [7, 11) is 0. The lowest BCUT2D eigenvalue weighted by atomic mass is 10.1. The van der Waals surface area contributed by atoms with E-state index in [1.807, 2.05) is 6.92 Å². The van der Waals surface area contributed by atoms with Gasteiger partial charge in [0.05, 0.1) is 0 Å². The molecule has 11 heavy (non-hydrogen) atoms. The third-order valence-electron chi connectivity index (χ3n) is 2.43. The fourth-order valence-electron chi connectivity index (χ4n) is 1.57. The van der Waals surface area contributed by atoms with Gasteiger partial charge in [-0.2, -0.15) is 0 Å². The van der Waals surface area contributed by atoms with E-state index >= 15 is 0 Å². The van der Waals surface area contributed by atoms with E-state index in [0.29, 0.717) is 18.1 Å². The highest BCUT2D eigenvalue weighted by Crippen LogP contribution is 2.27. The number of hydrogen-bond donors (Lipinski definition) is 0. The molecule has 1 heteroatoms. The van der Waals surface area contributed by atoms with Gasteiger partial charge < -0.3 is 0 Å². The number of carbonyl (C=O) groups is 1. The van der Waals surface area contributed by atoms with Crippen LogP contribution in [0.4, 0.5) is 0 Å². The number of hydrogen-bond acceptors (Lipinski definition) is 1. The predicted molar refractivity (Wildman–Crippen MR) is 46.4 cm³/mol. The molecule has 0 aromatic rings. The van der Waals surface area contributed by atoms with Crippen LogP contribution in [0.3, 0.4) is 0 Å². The lowest BCUT2D eigenvalue weighted by Gasteiger charge is -1.97. The maximum atomic E-state index is 11.2. The predicted octanol–water partition coefficient (Wildman–Crippen LogP) is 2.71. The van der Waals surface area contributed by atoms with E-state index in [-0.39, 0.29) is 0 Å². The molecule has 0 heterocycles. The molecule has 1 unspecified atom stereocenters. The minimum atomic E-state index is 0.348. The SMILES string of the molecule is CCC(=O)C1=CC(CC)CC1. The van der Waals surface area contributed by atoms with Gasteiger partial charge in [0.25, 0.3) is 0 Å². The summed E-state index contributed by atoms with van der Waals surface area (Å²) in [6, 6.07) is 0. The number of allylic oxidation sites excluding steroid dienone is 2. The van der Waals surface area contributed by atoms with Crippen LogP contribution in [0.15, 0.2) is 11.6 Å². The van der Waals surface area contributed by atoms with Crippen LogP contribution >= 0.6 is 0 Å². The zero-order valence-corrected chi connectivity index (χ0v) is 7.39. The average molecular weight is 152 g/mol. The molecule has 1 aliphatic rings. The van der Waals surface area contributed by atoms with Gasteiger partial charge in [-0.1, -0.05) is 19.9 Å². The van der Waals surface area contributed by atoms with E-state index in [0.717, 1.165) is 12.0 Å². The Kier molecular flexibility index (Phi) is 2.86. The number of carbonyl (C=O) groups excluding carboxylic acids is 1. The molecule has 0 saturated heterocycles. The first-order valence-electron chi connectivity index (χ1n) is 4.51. The number of ketones is 1. The normalized spacial score (nSPS) is 23.5. The van der Waals surface area contributed by atoms with Gasteiger partial charge in [0.2, 0.25) is 0 Å². The van der Waals surface area contributed by atoms with Gasteiger partial charge in [-0.05, 0) is 30.8 Å². The second-order valence-corrected chi connectivity index (χ2v) is 3.18. The Bertz CT molecular complexity index is 179. The van der Waals surface area contributed by atoms with Crippen molar-refractivity contribution >= 4 is 5.78 Å². The number of Topliss-reactive ketones (excluding diaryl/α,β-unsaturated/α-hetero) is 1. The van der Waals surface area contributed by atoms with E-state index in [4.69, 9.17) is 0 Å². The van der Waals surface area contributed by atoms with Gasteiger partial charge in [-0.3, -0.25) is 4.79 Å². The zero-order chi connectivity index (χ0) is 8.27. The van der Waals surface area contributed by atoms with Gasteiger partial charge in [0.1, 0.15) is 0 Å². The largest absolute Gasteiger partial charge is 0.295 e. The van der Waals surface area contributed by atoms with Crippen LogP contribution in [0, 0.1) is 5.92 Å². The Labute approximate surface area is 68.5 Å². The average Bonchev–Trinajstić information content (AvgIpc) is 2.50. The molecule has 0 amide bonds. The van der Waals surface area contributed by atoms with E-state index < -0.39 is 0 Å². The summed E-state index contributed by atoms with van der Waals surface area (Å²) < 4.78 is 0. The molecule has 0 aromatic heterocycles. The molecule has 0 N–H and O–H groups in total. The summed E-state index contributed by atoms with van der Waals surface area (Å²) in [4.78, 5) is 11.2. The molecule has 0 aromatic carbocycles. The fraction of sp³-hybridized carbons (Fsp3) is 0.700. The molecule has 0 spiro atoms. The highest BCUT2D eigenvalue weighted by atomic mass is 16.1. The van der Waals surface area contributed by atoms with Crippen molar-refractivity contribution in [3.8, 4) is 0 Å². The Balaban J connectivity index is 2.54. The van der Waals surface area contributed by atoms with Crippen molar-refractivity contribution in [2.45, 2.75) is 39.5 Å². The summed E-state index contributed by atoms with van der Waals surface area (Å²) in [6.07, 6.45) is 6.23. The van der Waals surface area contributed by atoms with Crippen molar-refractivity contribution in [2.24, 2.45) is 5.92 Å².